The van der Waals surface area contributed by atoms with E-state index in [1.165, 1.54) is 0 Å². The minimum atomic E-state index is -0.585. The Labute approximate surface area is 518 Å². The van der Waals surface area contributed by atoms with Crippen LogP contribution in [0.2, 0.25) is 0 Å². The van der Waals surface area contributed by atoms with Crippen molar-refractivity contribution < 1.29 is 38.4 Å². The molecule has 0 bridgehead atoms. The van der Waals surface area contributed by atoms with Gasteiger partial charge in [-0.3, -0.25) is 38.4 Å². The third kappa shape index (κ3) is 19.0. The van der Waals surface area contributed by atoms with Crippen molar-refractivity contribution in [2.24, 2.45) is 29.6 Å². The lowest BCUT2D eigenvalue weighted by Crippen LogP contribution is -2.59. The molecule has 0 spiro atoms. The first kappa shape index (κ1) is 66.0. The predicted octanol–water partition coefficient (Wildman–Crippen LogP) is 11.9. The van der Waals surface area contributed by atoms with Gasteiger partial charge in [0.1, 0.15) is 11.8 Å². The van der Waals surface area contributed by atoms with E-state index in [9.17, 15) is 38.4 Å². The first-order valence-corrected chi connectivity index (χ1v) is 33.3. The van der Waals surface area contributed by atoms with Gasteiger partial charge in [-0.15, -0.1) is 0 Å². The second kappa shape index (κ2) is 33.4. The van der Waals surface area contributed by atoms with Gasteiger partial charge in [0.2, 0.25) is 29.5 Å². The highest BCUT2D eigenvalue weighted by atomic mass is 16.2. The average molecular weight is 1190 g/mol. The number of hydrogen-bond acceptors (Lipinski definition) is 8. The number of nitrogens with zero attached hydrogens (tertiary/aromatic N) is 4. The van der Waals surface area contributed by atoms with Gasteiger partial charge < -0.3 is 30.2 Å². The predicted molar refractivity (Wildman–Crippen MR) is 342 cm³/mol. The van der Waals surface area contributed by atoms with Crippen molar-refractivity contribution in [3.8, 4) is 11.1 Å². The highest BCUT2D eigenvalue weighted by molar-refractivity contribution is 5.99. The summed E-state index contributed by atoms with van der Waals surface area (Å²) < 4.78 is 0. The third-order valence-corrected chi connectivity index (χ3v) is 19.4. The van der Waals surface area contributed by atoms with E-state index in [1.807, 2.05) is 127 Å². The number of amides is 6. The molecule has 2 saturated carbocycles. The number of nitrogens with one attached hydrogen (secondary N) is 2. The molecule has 4 aliphatic rings. The van der Waals surface area contributed by atoms with Crippen LogP contribution in [0, 0.1) is 29.6 Å². The fourth-order valence-corrected chi connectivity index (χ4v) is 13.6. The smallest absolute Gasteiger partial charge is 0.251 e. The van der Waals surface area contributed by atoms with Gasteiger partial charge in [0, 0.05) is 99.5 Å². The lowest BCUT2D eigenvalue weighted by Gasteiger charge is -2.42. The quantitative estimate of drug-likeness (QED) is 0.0529. The van der Waals surface area contributed by atoms with Crippen LogP contribution < -0.4 is 10.6 Å². The Morgan fingerprint density at radius 3 is 1.53 bits per heavy atom. The topological polar surface area (TPSA) is 174 Å². The van der Waals surface area contributed by atoms with Crippen LogP contribution in [-0.4, -0.2) is 131 Å². The number of piperidine rings is 2. The Bertz CT molecular complexity index is 2880. The van der Waals surface area contributed by atoms with Gasteiger partial charge in [-0.1, -0.05) is 163 Å². The van der Waals surface area contributed by atoms with Crippen LogP contribution in [0.25, 0.3) is 11.1 Å². The lowest BCUT2D eigenvalue weighted by molar-refractivity contribution is -0.146. The third-order valence-electron chi connectivity index (χ3n) is 19.4. The zero-order valence-electron chi connectivity index (χ0n) is 52.6. The standard InChI is InChI=1S/C73H98N6O8/c1-5-53(4)70(84)75-69(60-28-16-9-17-29-60)73(87)79-45-21-19-31-63(79)50-76(46-42-54-22-10-6-11-23-54)67(82)41-40-65(80)59-36-32-56(33-37-59)57-34-38-61(39-35-57)71(85)74-49-68(83)77(47-43-55-24-12-7-13-25-55)51-62-30-18-20-44-78(62)72(86)64(48-66(81)52(2)3)58-26-14-8-15-27-58/h6-7,10-13,22-25,32-39,52-53,58,60,62-64,69H,5,8-9,14-21,26-31,40-51H2,1-4H3,(H,74,85)(H,75,84)/t53-,62+,63+,64+,69+/m1/s1. The molecule has 5 atom stereocenters. The Balaban J connectivity index is 0.874. The van der Waals surface area contributed by atoms with E-state index in [1.54, 1.807) is 29.2 Å². The molecule has 4 aromatic carbocycles. The van der Waals surface area contributed by atoms with Crippen LogP contribution in [-0.2, 0) is 41.6 Å². The molecule has 87 heavy (non-hydrogen) atoms. The molecule has 2 saturated heterocycles. The minimum absolute atomic E-state index is 0.0239. The van der Waals surface area contributed by atoms with Gasteiger partial charge in [0.25, 0.3) is 5.91 Å². The highest BCUT2D eigenvalue weighted by Crippen LogP contribution is 2.36. The van der Waals surface area contributed by atoms with E-state index in [2.05, 4.69) is 10.6 Å². The lowest BCUT2D eigenvalue weighted by atomic mass is 9.76. The molecule has 2 aliphatic carbocycles. The maximum absolute atomic E-state index is 14.7. The number of benzene rings is 4. The molecule has 2 heterocycles. The highest BCUT2D eigenvalue weighted by Gasteiger charge is 2.41. The summed E-state index contributed by atoms with van der Waals surface area (Å²) in [5.41, 5.74) is 4.74. The first-order valence-electron chi connectivity index (χ1n) is 33.3. The summed E-state index contributed by atoms with van der Waals surface area (Å²) in [6.07, 6.45) is 17.7. The van der Waals surface area contributed by atoms with E-state index in [0.29, 0.717) is 69.7 Å². The summed E-state index contributed by atoms with van der Waals surface area (Å²) in [5.74, 6) is -1.25. The maximum Gasteiger partial charge on any atom is 0.251 e. The number of Topliss-reactive ketones (excluding diaryl/α,β-unsaturated/α-hetero) is 2. The van der Waals surface area contributed by atoms with Crippen LogP contribution in [0.5, 0.6) is 0 Å². The molecule has 6 amide bonds. The number of carbonyl (C=O) groups excluding carboxylic acids is 8. The number of carbonyl (C=O) groups is 8. The van der Waals surface area contributed by atoms with Crippen molar-refractivity contribution in [3.63, 3.8) is 0 Å². The Morgan fingerprint density at radius 1 is 0.529 bits per heavy atom. The molecule has 468 valence electrons. The number of ketones is 2. The fraction of sp³-hybridized carbons (Fsp3) is 0.562. The zero-order chi connectivity index (χ0) is 61.7. The summed E-state index contributed by atoms with van der Waals surface area (Å²) in [6.45, 7) is 10.3. The van der Waals surface area contributed by atoms with E-state index >= 15 is 0 Å². The fourth-order valence-electron chi connectivity index (χ4n) is 13.6. The molecule has 4 fully saturated rings. The summed E-state index contributed by atoms with van der Waals surface area (Å²) in [4.78, 5) is 120. The molecule has 14 heteroatoms. The molecule has 0 unspecified atom stereocenters. The molecular formula is C73H98N6O8. The molecular weight excluding hydrogens is 1090 g/mol. The second-order valence-electron chi connectivity index (χ2n) is 25.8. The van der Waals surface area contributed by atoms with Gasteiger partial charge in [-0.25, -0.2) is 0 Å². The molecule has 0 radical (unpaired) electrons. The summed E-state index contributed by atoms with van der Waals surface area (Å²) in [6, 6.07) is 33.4. The number of hydrogen-bond donors (Lipinski definition) is 2. The number of rotatable bonds is 28. The van der Waals surface area contributed by atoms with Crippen LogP contribution in [0.15, 0.2) is 109 Å². The van der Waals surface area contributed by atoms with E-state index in [-0.39, 0.29) is 114 Å². The van der Waals surface area contributed by atoms with Gasteiger partial charge >= 0.3 is 0 Å². The van der Waals surface area contributed by atoms with Gasteiger partial charge in [-0.2, -0.15) is 0 Å². The van der Waals surface area contributed by atoms with Crippen molar-refractivity contribution in [1.29, 1.82) is 0 Å². The molecule has 14 nitrogen and oxygen atoms in total. The van der Waals surface area contributed by atoms with E-state index in [4.69, 9.17) is 0 Å². The zero-order valence-corrected chi connectivity index (χ0v) is 52.6. The SMILES string of the molecule is CC[C@@H](C)C(=O)N[C@H](C(=O)N1CCCC[C@H]1CN(CCc1ccccc1)C(=O)CCC(=O)c1ccc(-c2ccc(C(=O)NCC(=O)N(CCc3ccccc3)C[C@@H]3CCCCN3C(=O)[C@@H](CC(=O)C(C)C)C3CCCCC3)cc2)cc1)C1CCCCC1. The van der Waals surface area contributed by atoms with Gasteiger partial charge in [0.05, 0.1) is 6.54 Å². The van der Waals surface area contributed by atoms with Crippen molar-refractivity contribution in [3.05, 3.63) is 131 Å². The van der Waals surface area contributed by atoms with E-state index in [0.717, 1.165) is 125 Å². The molecule has 4 aromatic rings. The van der Waals surface area contributed by atoms with Crippen LogP contribution in [0.3, 0.4) is 0 Å². The molecule has 8 rings (SSSR count). The van der Waals surface area contributed by atoms with Crippen molar-refractivity contribution >= 4 is 47.0 Å². The maximum atomic E-state index is 14.7. The second-order valence-corrected chi connectivity index (χ2v) is 25.8. The normalized spacial score (nSPS) is 18.7. The van der Waals surface area contributed by atoms with Crippen molar-refractivity contribution in [2.75, 3.05) is 45.8 Å². The Morgan fingerprint density at radius 2 is 1.01 bits per heavy atom. The monoisotopic (exact) mass is 1190 g/mol. The van der Waals surface area contributed by atoms with Crippen molar-refractivity contribution in [2.45, 2.75) is 187 Å². The minimum Gasteiger partial charge on any atom is -0.344 e. The van der Waals surface area contributed by atoms with Gasteiger partial charge in [0.15, 0.2) is 5.78 Å². The summed E-state index contributed by atoms with van der Waals surface area (Å²) in [5, 5.41) is 6.07. The molecule has 2 aliphatic heterocycles. The summed E-state index contributed by atoms with van der Waals surface area (Å²) in [7, 11) is 0. The number of likely N-dealkylation sites (tertiary alicyclic amines) is 2. The Kier molecular flexibility index (Phi) is 25.3. The Hall–Kier alpha value is -6.96. The van der Waals surface area contributed by atoms with Crippen LogP contribution in [0.1, 0.15) is 188 Å². The van der Waals surface area contributed by atoms with E-state index < -0.39 is 6.04 Å². The summed E-state index contributed by atoms with van der Waals surface area (Å²) >= 11 is 0. The van der Waals surface area contributed by atoms with Gasteiger partial charge in [-0.05, 0) is 130 Å². The largest absolute Gasteiger partial charge is 0.344 e. The van der Waals surface area contributed by atoms with Crippen LogP contribution >= 0.6 is 0 Å². The average Bonchev–Trinajstić information content (AvgIpc) is 2.92. The molecule has 0 aromatic heterocycles. The molecule has 2 N–H and O–H groups in total. The van der Waals surface area contributed by atoms with Crippen molar-refractivity contribution in [1.82, 2.24) is 30.2 Å². The van der Waals surface area contributed by atoms with Crippen LogP contribution in [0.4, 0.5) is 0 Å². The first-order chi connectivity index (χ1) is 42.2.